The first kappa shape index (κ1) is 13.8. The number of carbonyl (C=O) groups is 1. The van der Waals surface area contributed by atoms with Crippen LogP contribution < -0.4 is 10.1 Å². The number of carbonyl (C=O) groups excluding carboxylic acids is 1. The molecule has 5 nitrogen and oxygen atoms in total. The Morgan fingerprint density at radius 3 is 2.90 bits per heavy atom. The lowest BCUT2D eigenvalue weighted by molar-refractivity contribution is 0.0696. The van der Waals surface area contributed by atoms with Crippen LogP contribution in [0, 0.1) is 0 Å². The minimum Gasteiger partial charge on any atom is -0.497 e. The van der Waals surface area contributed by atoms with Gasteiger partial charge in [0.1, 0.15) is 5.75 Å². The van der Waals surface area contributed by atoms with Gasteiger partial charge in [0.2, 0.25) is 0 Å². The average Bonchev–Trinajstić information content (AvgIpc) is 2.54. The van der Waals surface area contributed by atoms with Gasteiger partial charge in [0, 0.05) is 36.9 Å². The topological polar surface area (TPSA) is 60.5 Å². The van der Waals surface area contributed by atoms with E-state index in [2.05, 4.69) is 10.3 Å². The molecule has 5 heteroatoms. The molecule has 1 fully saturated rings. The van der Waals surface area contributed by atoms with E-state index in [9.17, 15) is 4.79 Å². The molecule has 0 spiro atoms. The van der Waals surface area contributed by atoms with Gasteiger partial charge in [-0.1, -0.05) is 0 Å². The summed E-state index contributed by atoms with van der Waals surface area (Å²) in [5, 5.41) is 3.97. The van der Waals surface area contributed by atoms with Crippen LogP contribution in [0.1, 0.15) is 23.2 Å². The third-order valence-corrected chi connectivity index (χ3v) is 3.71. The van der Waals surface area contributed by atoms with Crippen LogP contribution in [-0.4, -0.2) is 37.3 Å². The number of rotatable bonds is 3. The average molecular weight is 286 g/mol. The molecule has 1 aliphatic rings. The number of ether oxygens (including phenoxy) is 2. The fraction of sp³-hybridized carbons (Fsp3) is 0.375. The van der Waals surface area contributed by atoms with E-state index in [0.29, 0.717) is 18.8 Å². The van der Waals surface area contributed by atoms with Gasteiger partial charge in [0.15, 0.2) is 0 Å². The summed E-state index contributed by atoms with van der Waals surface area (Å²) in [6.45, 7) is 1.42. The highest BCUT2D eigenvalue weighted by atomic mass is 16.5. The number of methoxy groups -OCH3 is 1. The number of hydrogen-bond donors (Lipinski definition) is 1. The molecule has 0 bridgehead atoms. The summed E-state index contributed by atoms with van der Waals surface area (Å²) in [4.78, 5) is 16.6. The highest BCUT2D eigenvalue weighted by Crippen LogP contribution is 2.20. The van der Waals surface area contributed by atoms with Crippen LogP contribution in [0.3, 0.4) is 0 Å². The van der Waals surface area contributed by atoms with Gasteiger partial charge in [-0.05, 0) is 31.0 Å². The number of nitrogens with zero attached hydrogens (tertiary/aromatic N) is 1. The standard InChI is InChI=1S/C16H18N2O3/c1-20-14-3-2-11-8-12(10-17-15(11)9-14)16(19)18-13-4-6-21-7-5-13/h2-3,8-10,13H,4-7H2,1H3,(H,18,19). The van der Waals surface area contributed by atoms with E-state index in [1.165, 1.54) is 0 Å². The van der Waals surface area contributed by atoms with Gasteiger partial charge in [0.25, 0.3) is 5.91 Å². The molecule has 1 saturated heterocycles. The quantitative estimate of drug-likeness (QED) is 0.939. The molecule has 110 valence electrons. The van der Waals surface area contributed by atoms with E-state index >= 15 is 0 Å². The van der Waals surface area contributed by atoms with Crippen molar-refractivity contribution in [3.63, 3.8) is 0 Å². The minimum absolute atomic E-state index is 0.0767. The van der Waals surface area contributed by atoms with Crippen LogP contribution in [0.4, 0.5) is 0 Å². The largest absolute Gasteiger partial charge is 0.497 e. The van der Waals surface area contributed by atoms with Gasteiger partial charge in [-0.25, -0.2) is 0 Å². The van der Waals surface area contributed by atoms with Gasteiger partial charge in [0.05, 0.1) is 18.2 Å². The van der Waals surface area contributed by atoms with Crippen LogP contribution in [0.15, 0.2) is 30.5 Å². The van der Waals surface area contributed by atoms with E-state index in [1.807, 2.05) is 24.3 Å². The fourth-order valence-electron chi connectivity index (χ4n) is 2.46. The molecule has 2 aromatic rings. The number of fused-ring (bicyclic) bond motifs is 1. The Hall–Kier alpha value is -2.14. The molecule has 21 heavy (non-hydrogen) atoms. The lowest BCUT2D eigenvalue weighted by atomic mass is 10.1. The summed E-state index contributed by atoms with van der Waals surface area (Å²) in [6, 6.07) is 7.68. The maximum absolute atomic E-state index is 12.3. The lowest BCUT2D eigenvalue weighted by Gasteiger charge is -2.23. The van der Waals surface area contributed by atoms with E-state index < -0.39 is 0 Å². The number of amides is 1. The smallest absolute Gasteiger partial charge is 0.253 e. The van der Waals surface area contributed by atoms with E-state index in [0.717, 1.165) is 29.5 Å². The molecular weight excluding hydrogens is 268 g/mol. The van der Waals surface area contributed by atoms with Crippen LogP contribution in [0.25, 0.3) is 10.9 Å². The van der Waals surface area contributed by atoms with E-state index in [4.69, 9.17) is 9.47 Å². The SMILES string of the molecule is COc1ccc2cc(C(=O)NC3CCOCC3)cnc2c1. The molecular formula is C16H18N2O3. The Labute approximate surface area is 123 Å². The molecule has 0 saturated carbocycles. The van der Waals surface area contributed by atoms with Crippen molar-refractivity contribution in [1.29, 1.82) is 0 Å². The molecule has 1 aliphatic heterocycles. The van der Waals surface area contributed by atoms with Crippen molar-refractivity contribution in [2.24, 2.45) is 0 Å². The highest BCUT2D eigenvalue weighted by Gasteiger charge is 2.17. The Bertz CT molecular complexity index is 651. The van der Waals surface area contributed by atoms with E-state index in [-0.39, 0.29) is 11.9 Å². The molecule has 2 heterocycles. The van der Waals surface area contributed by atoms with Crippen molar-refractivity contribution in [1.82, 2.24) is 10.3 Å². The zero-order chi connectivity index (χ0) is 14.7. The third-order valence-electron chi connectivity index (χ3n) is 3.71. The Kier molecular flexibility index (Phi) is 4.01. The Morgan fingerprint density at radius 1 is 1.33 bits per heavy atom. The summed E-state index contributed by atoms with van der Waals surface area (Å²) >= 11 is 0. The number of aromatic nitrogens is 1. The number of pyridine rings is 1. The predicted octanol–water partition coefficient (Wildman–Crippen LogP) is 2.15. The second kappa shape index (κ2) is 6.10. The van der Waals surface area contributed by atoms with Crippen molar-refractivity contribution in [3.8, 4) is 5.75 Å². The molecule has 0 atom stereocenters. The van der Waals surface area contributed by atoms with Gasteiger partial charge < -0.3 is 14.8 Å². The molecule has 1 N–H and O–H groups in total. The van der Waals surface area contributed by atoms with Crippen molar-refractivity contribution < 1.29 is 14.3 Å². The van der Waals surface area contributed by atoms with Crippen LogP contribution in [0.5, 0.6) is 5.75 Å². The monoisotopic (exact) mass is 286 g/mol. The third kappa shape index (κ3) is 3.13. The molecule has 1 aromatic heterocycles. The number of hydrogen-bond acceptors (Lipinski definition) is 4. The predicted molar refractivity (Wildman–Crippen MR) is 79.6 cm³/mol. The van der Waals surface area contributed by atoms with Crippen molar-refractivity contribution in [2.45, 2.75) is 18.9 Å². The number of benzene rings is 1. The van der Waals surface area contributed by atoms with Gasteiger partial charge in [-0.2, -0.15) is 0 Å². The Balaban J connectivity index is 1.78. The zero-order valence-electron chi connectivity index (χ0n) is 12.0. The van der Waals surface area contributed by atoms with Crippen LogP contribution in [-0.2, 0) is 4.74 Å². The summed E-state index contributed by atoms with van der Waals surface area (Å²) in [5.74, 6) is 0.682. The van der Waals surface area contributed by atoms with Crippen LogP contribution in [0.2, 0.25) is 0 Å². The normalized spacial score (nSPS) is 15.9. The van der Waals surface area contributed by atoms with Crippen molar-refractivity contribution >= 4 is 16.8 Å². The second-order valence-electron chi connectivity index (χ2n) is 5.14. The summed E-state index contributed by atoms with van der Waals surface area (Å²) in [5.41, 5.74) is 1.40. The first-order chi connectivity index (χ1) is 10.3. The maximum atomic E-state index is 12.3. The Morgan fingerprint density at radius 2 is 2.14 bits per heavy atom. The molecule has 0 unspecified atom stereocenters. The summed E-state index contributed by atoms with van der Waals surface area (Å²) in [6.07, 6.45) is 3.34. The zero-order valence-corrected chi connectivity index (χ0v) is 12.0. The van der Waals surface area contributed by atoms with Crippen LogP contribution >= 0.6 is 0 Å². The van der Waals surface area contributed by atoms with E-state index in [1.54, 1.807) is 13.3 Å². The minimum atomic E-state index is -0.0767. The second-order valence-corrected chi connectivity index (χ2v) is 5.14. The molecule has 0 aliphatic carbocycles. The highest BCUT2D eigenvalue weighted by molar-refractivity contribution is 5.97. The van der Waals surface area contributed by atoms with Gasteiger partial charge in [-0.15, -0.1) is 0 Å². The summed E-state index contributed by atoms with van der Waals surface area (Å²) < 4.78 is 10.5. The molecule has 1 aromatic carbocycles. The number of nitrogens with one attached hydrogen (secondary N) is 1. The fourth-order valence-corrected chi connectivity index (χ4v) is 2.46. The molecule has 1 amide bonds. The van der Waals surface area contributed by atoms with Gasteiger partial charge >= 0.3 is 0 Å². The molecule has 3 rings (SSSR count). The van der Waals surface area contributed by atoms with Gasteiger partial charge in [-0.3, -0.25) is 9.78 Å². The molecule has 0 radical (unpaired) electrons. The first-order valence-corrected chi connectivity index (χ1v) is 7.08. The van der Waals surface area contributed by atoms with Crippen molar-refractivity contribution in [2.75, 3.05) is 20.3 Å². The lowest BCUT2D eigenvalue weighted by Crippen LogP contribution is -2.38. The van der Waals surface area contributed by atoms with Crippen molar-refractivity contribution in [3.05, 3.63) is 36.0 Å². The summed E-state index contributed by atoms with van der Waals surface area (Å²) in [7, 11) is 1.62. The first-order valence-electron chi connectivity index (χ1n) is 7.08. The maximum Gasteiger partial charge on any atom is 0.253 e.